The Balaban J connectivity index is 2.95. The molecular formula is C13H16F3N3OS. The van der Waals surface area contributed by atoms with Gasteiger partial charge in [-0.3, -0.25) is 4.79 Å². The van der Waals surface area contributed by atoms with Crippen molar-refractivity contribution in [3.8, 4) is 0 Å². The van der Waals surface area contributed by atoms with Crippen LogP contribution in [0.15, 0.2) is 18.2 Å². The third-order valence-corrected chi connectivity index (χ3v) is 3.15. The second-order valence-corrected chi connectivity index (χ2v) is 4.82. The predicted molar refractivity (Wildman–Crippen MR) is 79.1 cm³/mol. The quantitative estimate of drug-likeness (QED) is 0.817. The smallest absolute Gasteiger partial charge is 0.389 e. The molecule has 116 valence electrons. The molecule has 1 aromatic rings. The average Bonchev–Trinajstić information content (AvgIpc) is 2.42. The van der Waals surface area contributed by atoms with Gasteiger partial charge in [-0.05, 0) is 25.1 Å². The topological polar surface area (TPSA) is 58.4 Å². The lowest BCUT2D eigenvalue weighted by molar-refractivity contribution is -0.137. The Kier molecular flexibility index (Phi) is 5.54. The fourth-order valence-corrected chi connectivity index (χ4v) is 1.76. The predicted octanol–water partition coefficient (Wildman–Crippen LogP) is 2.23. The molecule has 0 heterocycles. The molecule has 0 aliphatic carbocycles. The van der Waals surface area contributed by atoms with Crippen molar-refractivity contribution in [1.29, 1.82) is 0 Å². The van der Waals surface area contributed by atoms with E-state index in [1.165, 1.54) is 17.0 Å². The largest absolute Gasteiger partial charge is 0.417 e. The number of carbonyl (C=O) groups is 1. The van der Waals surface area contributed by atoms with E-state index >= 15 is 0 Å². The molecule has 0 saturated heterocycles. The SMILES string of the molecule is CCN(C)C(=O)CNc1ccc(C(F)(F)F)c(C(N)=S)c1. The highest BCUT2D eigenvalue weighted by atomic mass is 32.1. The zero-order chi connectivity index (χ0) is 16.2. The van der Waals surface area contributed by atoms with E-state index in [0.717, 1.165) is 6.07 Å². The number of thiocarbonyl (C=S) groups is 1. The Hall–Kier alpha value is -1.83. The number of hydrogen-bond donors (Lipinski definition) is 2. The van der Waals surface area contributed by atoms with Crippen LogP contribution in [0.5, 0.6) is 0 Å². The number of hydrogen-bond acceptors (Lipinski definition) is 3. The van der Waals surface area contributed by atoms with E-state index in [4.69, 9.17) is 5.73 Å². The summed E-state index contributed by atoms with van der Waals surface area (Å²) in [5, 5.41) is 2.76. The zero-order valence-corrected chi connectivity index (χ0v) is 12.4. The van der Waals surface area contributed by atoms with Gasteiger partial charge in [0, 0.05) is 24.8 Å². The van der Waals surface area contributed by atoms with Crippen LogP contribution in [0.25, 0.3) is 0 Å². The number of nitrogens with two attached hydrogens (primary N) is 1. The van der Waals surface area contributed by atoms with E-state index in [9.17, 15) is 18.0 Å². The van der Waals surface area contributed by atoms with Crippen molar-refractivity contribution in [1.82, 2.24) is 4.90 Å². The highest BCUT2D eigenvalue weighted by Crippen LogP contribution is 2.33. The van der Waals surface area contributed by atoms with Gasteiger partial charge in [0.05, 0.1) is 12.1 Å². The van der Waals surface area contributed by atoms with E-state index in [1.54, 1.807) is 7.05 Å². The van der Waals surface area contributed by atoms with E-state index in [0.29, 0.717) is 12.2 Å². The zero-order valence-electron chi connectivity index (χ0n) is 11.6. The number of alkyl halides is 3. The van der Waals surface area contributed by atoms with Crippen LogP contribution < -0.4 is 11.1 Å². The minimum absolute atomic E-state index is 0.0214. The van der Waals surface area contributed by atoms with Gasteiger partial charge in [0.2, 0.25) is 5.91 Å². The van der Waals surface area contributed by atoms with Gasteiger partial charge in [-0.2, -0.15) is 13.2 Å². The van der Waals surface area contributed by atoms with Crippen molar-refractivity contribution in [3.63, 3.8) is 0 Å². The third kappa shape index (κ3) is 4.59. The lowest BCUT2D eigenvalue weighted by atomic mass is 10.1. The molecule has 1 rings (SSSR count). The summed E-state index contributed by atoms with van der Waals surface area (Å²) < 4.78 is 38.4. The molecule has 1 amide bonds. The summed E-state index contributed by atoms with van der Waals surface area (Å²) in [5.41, 5.74) is 4.53. The molecule has 0 unspecified atom stereocenters. The third-order valence-electron chi connectivity index (χ3n) is 2.93. The second kappa shape index (κ2) is 6.75. The van der Waals surface area contributed by atoms with Crippen LogP contribution in [-0.4, -0.2) is 35.9 Å². The Morgan fingerprint density at radius 1 is 1.43 bits per heavy atom. The van der Waals surface area contributed by atoms with E-state index in [1.807, 2.05) is 6.92 Å². The molecule has 0 aliphatic rings. The number of anilines is 1. The van der Waals surface area contributed by atoms with Crippen LogP contribution in [0.4, 0.5) is 18.9 Å². The van der Waals surface area contributed by atoms with Gasteiger partial charge in [-0.25, -0.2) is 0 Å². The molecule has 0 fully saturated rings. The molecule has 0 saturated carbocycles. The van der Waals surface area contributed by atoms with Crippen LogP contribution in [0, 0.1) is 0 Å². The Labute approximate surface area is 126 Å². The fourth-order valence-electron chi connectivity index (χ4n) is 1.59. The van der Waals surface area contributed by atoms with Gasteiger partial charge < -0.3 is 16.0 Å². The van der Waals surface area contributed by atoms with Crippen molar-refractivity contribution >= 4 is 28.8 Å². The first-order chi connectivity index (χ1) is 9.66. The van der Waals surface area contributed by atoms with Crippen LogP contribution in [0.3, 0.4) is 0 Å². The Morgan fingerprint density at radius 3 is 2.52 bits per heavy atom. The molecule has 4 nitrogen and oxygen atoms in total. The Morgan fingerprint density at radius 2 is 2.05 bits per heavy atom. The molecule has 0 aromatic heterocycles. The lowest BCUT2D eigenvalue weighted by Gasteiger charge is -2.17. The molecule has 0 spiro atoms. The van der Waals surface area contributed by atoms with Gasteiger partial charge in [-0.15, -0.1) is 0 Å². The molecule has 8 heteroatoms. The molecule has 0 bridgehead atoms. The molecule has 0 radical (unpaired) electrons. The maximum Gasteiger partial charge on any atom is 0.417 e. The number of likely N-dealkylation sites (N-methyl/N-ethyl adjacent to an activating group) is 1. The maximum absolute atomic E-state index is 12.8. The summed E-state index contributed by atoms with van der Waals surface area (Å²) >= 11 is 4.65. The van der Waals surface area contributed by atoms with Crippen molar-refractivity contribution in [2.45, 2.75) is 13.1 Å². The van der Waals surface area contributed by atoms with E-state index < -0.39 is 11.7 Å². The standard InChI is InChI=1S/C13H16F3N3OS/c1-3-19(2)11(20)7-18-8-4-5-10(13(14,15)16)9(6-8)12(17)21/h4-6,18H,3,7H2,1-2H3,(H2,17,21). The second-order valence-electron chi connectivity index (χ2n) is 4.38. The van der Waals surface area contributed by atoms with Crippen molar-refractivity contribution in [2.24, 2.45) is 5.73 Å². The monoisotopic (exact) mass is 319 g/mol. The van der Waals surface area contributed by atoms with Gasteiger partial charge in [0.25, 0.3) is 0 Å². The van der Waals surface area contributed by atoms with Crippen molar-refractivity contribution in [2.75, 3.05) is 25.5 Å². The number of rotatable bonds is 5. The summed E-state index contributed by atoms with van der Waals surface area (Å²) in [6.45, 7) is 2.35. The number of carbonyl (C=O) groups excluding carboxylic acids is 1. The lowest BCUT2D eigenvalue weighted by Crippen LogP contribution is -2.32. The van der Waals surface area contributed by atoms with Crippen LogP contribution >= 0.6 is 12.2 Å². The molecule has 21 heavy (non-hydrogen) atoms. The molecule has 0 aliphatic heterocycles. The number of nitrogens with one attached hydrogen (secondary N) is 1. The molecule has 0 atom stereocenters. The van der Waals surface area contributed by atoms with Crippen molar-refractivity contribution in [3.05, 3.63) is 29.3 Å². The number of amides is 1. The average molecular weight is 319 g/mol. The Bertz CT molecular complexity index is 546. The summed E-state index contributed by atoms with van der Waals surface area (Å²) in [7, 11) is 1.64. The van der Waals surface area contributed by atoms with Gasteiger partial charge in [0.15, 0.2) is 0 Å². The van der Waals surface area contributed by atoms with Gasteiger partial charge >= 0.3 is 6.18 Å². The fraction of sp³-hybridized carbons (Fsp3) is 0.385. The highest BCUT2D eigenvalue weighted by Gasteiger charge is 2.34. The number of nitrogens with zero attached hydrogens (tertiary/aromatic N) is 1. The summed E-state index contributed by atoms with van der Waals surface area (Å²) in [6.07, 6.45) is -4.53. The summed E-state index contributed by atoms with van der Waals surface area (Å²) in [6, 6.07) is 3.33. The van der Waals surface area contributed by atoms with Crippen LogP contribution in [-0.2, 0) is 11.0 Å². The summed E-state index contributed by atoms with van der Waals surface area (Å²) in [4.78, 5) is 12.8. The molecule has 1 aromatic carbocycles. The summed E-state index contributed by atoms with van der Waals surface area (Å²) in [5.74, 6) is -0.172. The maximum atomic E-state index is 12.8. The highest BCUT2D eigenvalue weighted by molar-refractivity contribution is 7.80. The first-order valence-electron chi connectivity index (χ1n) is 6.15. The van der Waals surface area contributed by atoms with E-state index in [-0.39, 0.29) is 23.0 Å². The molecule has 3 N–H and O–H groups in total. The normalized spacial score (nSPS) is 11.1. The first kappa shape index (κ1) is 17.2. The van der Waals surface area contributed by atoms with Crippen LogP contribution in [0.1, 0.15) is 18.1 Å². The minimum Gasteiger partial charge on any atom is -0.389 e. The van der Waals surface area contributed by atoms with E-state index in [2.05, 4.69) is 17.5 Å². The minimum atomic E-state index is -4.53. The first-order valence-corrected chi connectivity index (χ1v) is 6.56. The molecular weight excluding hydrogens is 303 g/mol. The van der Waals surface area contributed by atoms with Gasteiger partial charge in [-0.1, -0.05) is 12.2 Å². The number of benzene rings is 1. The number of halogens is 3. The van der Waals surface area contributed by atoms with Crippen molar-refractivity contribution < 1.29 is 18.0 Å². The van der Waals surface area contributed by atoms with Gasteiger partial charge in [0.1, 0.15) is 4.99 Å². The van der Waals surface area contributed by atoms with Crippen LogP contribution in [0.2, 0.25) is 0 Å².